The normalized spacial score (nSPS) is 10.2. The SMILES string of the molecule is O=C(O)c1cccc(OCCSc2ncns2)c1. The van der Waals surface area contributed by atoms with Crippen LogP contribution < -0.4 is 4.74 Å². The Morgan fingerprint density at radius 2 is 2.39 bits per heavy atom. The average molecular weight is 282 g/mol. The molecule has 0 aliphatic carbocycles. The molecule has 0 saturated heterocycles. The molecule has 1 N–H and O–H groups in total. The van der Waals surface area contributed by atoms with Gasteiger partial charge >= 0.3 is 5.97 Å². The number of hydrogen-bond donors (Lipinski definition) is 1. The highest BCUT2D eigenvalue weighted by Gasteiger charge is 2.04. The molecule has 1 aromatic heterocycles. The molecule has 2 rings (SSSR count). The van der Waals surface area contributed by atoms with Crippen molar-refractivity contribution in [3.05, 3.63) is 36.2 Å². The third-order valence-electron chi connectivity index (χ3n) is 2.00. The van der Waals surface area contributed by atoms with Crippen molar-refractivity contribution in [2.45, 2.75) is 4.34 Å². The van der Waals surface area contributed by atoms with Crippen LogP contribution in [0.15, 0.2) is 34.9 Å². The number of carbonyl (C=O) groups is 1. The molecule has 0 fully saturated rings. The maximum Gasteiger partial charge on any atom is 0.335 e. The minimum Gasteiger partial charge on any atom is -0.493 e. The Labute approximate surface area is 112 Å². The van der Waals surface area contributed by atoms with Gasteiger partial charge in [0.2, 0.25) is 0 Å². The van der Waals surface area contributed by atoms with Crippen LogP contribution in [0.25, 0.3) is 0 Å². The molecule has 5 nitrogen and oxygen atoms in total. The van der Waals surface area contributed by atoms with Crippen molar-refractivity contribution in [3.8, 4) is 5.75 Å². The summed E-state index contributed by atoms with van der Waals surface area (Å²) in [6, 6.07) is 6.45. The van der Waals surface area contributed by atoms with Gasteiger partial charge in [0.25, 0.3) is 0 Å². The molecular formula is C11H10N2O3S2. The first-order valence-electron chi connectivity index (χ1n) is 5.11. The van der Waals surface area contributed by atoms with E-state index < -0.39 is 5.97 Å². The lowest BCUT2D eigenvalue weighted by atomic mass is 10.2. The van der Waals surface area contributed by atoms with Crippen LogP contribution in [0, 0.1) is 0 Å². The van der Waals surface area contributed by atoms with Gasteiger partial charge in [0.1, 0.15) is 12.1 Å². The molecule has 0 radical (unpaired) electrons. The van der Waals surface area contributed by atoms with Gasteiger partial charge in [0, 0.05) is 5.75 Å². The van der Waals surface area contributed by atoms with Crippen LogP contribution in [0.2, 0.25) is 0 Å². The predicted octanol–water partition coefficient (Wildman–Crippen LogP) is 2.41. The number of aromatic carboxylic acids is 1. The van der Waals surface area contributed by atoms with E-state index in [4.69, 9.17) is 9.84 Å². The monoisotopic (exact) mass is 282 g/mol. The standard InChI is InChI=1S/C11H10N2O3S2/c14-10(15)8-2-1-3-9(6-8)16-4-5-17-11-12-7-13-18-11/h1-3,6-7H,4-5H2,(H,14,15). The minimum atomic E-state index is -0.955. The van der Waals surface area contributed by atoms with Crippen LogP contribution in [0.3, 0.4) is 0 Å². The number of nitrogens with zero attached hydrogens (tertiary/aromatic N) is 2. The summed E-state index contributed by atoms with van der Waals surface area (Å²) in [5.41, 5.74) is 0.226. The van der Waals surface area contributed by atoms with Gasteiger partial charge in [-0.2, -0.15) is 4.37 Å². The molecule has 0 saturated carbocycles. The van der Waals surface area contributed by atoms with Crippen molar-refractivity contribution in [3.63, 3.8) is 0 Å². The highest BCUT2D eigenvalue weighted by molar-refractivity contribution is 8.00. The number of ether oxygens (including phenoxy) is 1. The van der Waals surface area contributed by atoms with Crippen LogP contribution in [0.5, 0.6) is 5.75 Å². The number of rotatable bonds is 6. The highest BCUT2D eigenvalue weighted by Crippen LogP contribution is 2.19. The first-order valence-corrected chi connectivity index (χ1v) is 6.87. The Hall–Kier alpha value is -1.60. The summed E-state index contributed by atoms with van der Waals surface area (Å²) in [4.78, 5) is 14.8. The first-order chi connectivity index (χ1) is 8.75. The number of carboxylic acid groups (broad SMARTS) is 1. The van der Waals surface area contributed by atoms with E-state index in [0.717, 1.165) is 10.1 Å². The highest BCUT2D eigenvalue weighted by atomic mass is 32.2. The van der Waals surface area contributed by atoms with Crippen LogP contribution in [-0.2, 0) is 0 Å². The zero-order chi connectivity index (χ0) is 12.8. The fourth-order valence-corrected chi connectivity index (χ4v) is 2.57. The van der Waals surface area contributed by atoms with Crippen molar-refractivity contribution >= 4 is 29.3 Å². The van der Waals surface area contributed by atoms with E-state index in [2.05, 4.69) is 9.36 Å². The second-order valence-corrected chi connectivity index (χ2v) is 5.36. The number of thioether (sulfide) groups is 1. The molecule has 18 heavy (non-hydrogen) atoms. The first kappa shape index (κ1) is 12.8. The van der Waals surface area contributed by atoms with Gasteiger partial charge in [-0.3, -0.25) is 0 Å². The summed E-state index contributed by atoms with van der Waals surface area (Å²) in [7, 11) is 0. The predicted molar refractivity (Wildman–Crippen MR) is 69.5 cm³/mol. The third-order valence-corrected chi connectivity index (χ3v) is 3.76. The van der Waals surface area contributed by atoms with E-state index in [-0.39, 0.29) is 5.56 Å². The maximum atomic E-state index is 10.8. The van der Waals surface area contributed by atoms with Gasteiger partial charge in [-0.15, -0.1) is 0 Å². The molecule has 1 heterocycles. The molecule has 0 atom stereocenters. The molecule has 0 amide bonds. The van der Waals surface area contributed by atoms with Gasteiger partial charge in [0.05, 0.1) is 12.2 Å². The molecule has 2 aromatic rings. The lowest BCUT2D eigenvalue weighted by molar-refractivity contribution is 0.0696. The molecule has 0 bridgehead atoms. The lowest BCUT2D eigenvalue weighted by Crippen LogP contribution is -2.02. The maximum absolute atomic E-state index is 10.8. The molecule has 0 spiro atoms. The van der Waals surface area contributed by atoms with Gasteiger partial charge in [-0.25, -0.2) is 9.78 Å². The van der Waals surface area contributed by atoms with Gasteiger partial charge in [-0.1, -0.05) is 17.8 Å². The second kappa shape index (κ2) is 6.36. The molecular weight excluding hydrogens is 272 g/mol. The quantitative estimate of drug-likeness (QED) is 0.648. The van der Waals surface area contributed by atoms with E-state index in [1.807, 2.05) is 0 Å². The second-order valence-electron chi connectivity index (χ2n) is 3.24. The Kier molecular flexibility index (Phi) is 4.54. The van der Waals surface area contributed by atoms with E-state index in [9.17, 15) is 4.79 Å². The number of carboxylic acids is 1. The number of hydrogen-bond acceptors (Lipinski definition) is 6. The van der Waals surface area contributed by atoms with Crippen LogP contribution >= 0.6 is 23.3 Å². The van der Waals surface area contributed by atoms with Crippen molar-refractivity contribution < 1.29 is 14.6 Å². The summed E-state index contributed by atoms with van der Waals surface area (Å²) >= 11 is 2.90. The number of benzene rings is 1. The molecule has 7 heteroatoms. The summed E-state index contributed by atoms with van der Waals surface area (Å²) < 4.78 is 10.3. The Bertz CT molecular complexity index is 517. The van der Waals surface area contributed by atoms with Crippen molar-refractivity contribution in [2.24, 2.45) is 0 Å². The zero-order valence-corrected chi connectivity index (χ0v) is 10.9. The summed E-state index contributed by atoms with van der Waals surface area (Å²) in [6.07, 6.45) is 1.52. The van der Waals surface area contributed by atoms with E-state index in [1.54, 1.807) is 23.9 Å². The molecule has 0 aliphatic heterocycles. The van der Waals surface area contributed by atoms with Crippen LogP contribution in [0.1, 0.15) is 10.4 Å². The molecule has 94 valence electrons. The van der Waals surface area contributed by atoms with E-state index in [0.29, 0.717) is 12.4 Å². The van der Waals surface area contributed by atoms with E-state index in [1.165, 1.54) is 30.0 Å². The topological polar surface area (TPSA) is 72.3 Å². The molecule has 0 aliphatic rings. The lowest BCUT2D eigenvalue weighted by Gasteiger charge is -2.05. The summed E-state index contributed by atoms with van der Waals surface area (Å²) in [5.74, 6) is 0.350. The Morgan fingerprint density at radius 3 is 3.11 bits per heavy atom. The van der Waals surface area contributed by atoms with Crippen molar-refractivity contribution in [1.29, 1.82) is 0 Å². The summed E-state index contributed by atoms with van der Waals surface area (Å²) in [6.45, 7) is 0.493. The Balaban J connectivity index is 1.79. The van der Waals surface area contributed by atoms with Crippen molar-refractivity contribution in [1.82, 2.24) is 9.36 Å². The van der Waals surface area contributed by atoms with Crippen LogP contribution in [-0.4, -0.2) is 32.8 Å². The largest absolute Gasteiger partial charge is 0.493 e. The number of aromatic nitrogens is 2. The van der Waals surface area contributed by atoms with Gasteiger partial charge < -0.3 is 9.84 Å². The van der Waals surface area contributed by atoms with E-state index >= 15 is 0 Å². The fraction of sp³-hybridized carbons (Fsp3) is 0.182. The summed E-state index contributed by atoms with van der Waals surface area (Å²) in [5, 5.41) is 8.83. The van der Waals surface area contributed by atoms with Gasteiger partial charge in [0.15, 0.2) is 4.34 Å². The van der Waals surface area contributed by atoms with Crippen molar-refractivity contribution in [2.75, 3.05) is 12.4 Å². The third kappa shape index (κ3) is 3.71. The smallest absolute Gasteiger partial charge is 0.335 e. The average Bonchev–Trinajstić information content (AvgIpc) is 2.88. The minimum absolute atomic E-state index is 0.226. The van der Waals surface area contributed by atoms with Crippen LogP contribution in [0.4, 0.5) is 0 Å². The fourth-order valence-electron chi connectivity index (χ4n) is 1.23. The molecule has 1 aromatic carbocycles. The Morgan fingerprint density at radius 1 is 1.50 bits per heavy atom. The molecule has 0 unspecified atom stereocenters. The van der Waals surface area contributed by atoms with Gasteiger partial charge in [-0.05, 0) is 29.7 Å². The zero-order valence-electron chi connectivity index (χ0n) is 9.28.